The molecule has 0 fully saturated rings. The minimum absolute atomic E-state index is 0.165. The van der Waals surface area contributed by atoms with Gasteiger partial charge in [-0.05, 0) is 41.2 Å². The molecule has 3 rings (SSSR count). The zero-order valence-electron chi connectivity index (χ0n) is 17.7. The van der Waals surface area contributed by atoms with Gasteiger partial charge in [-0.1, -0.05) is 45.9 Å². The van der Waals surface area contributed by atoms with Crippen LogP contribution in [0.25, 0.3) is 5.82 Å². The van der Waals surface area contributed by atoms with Crippen molar-refractivity contribution in [2.75, 3.05) is 5.32 Å². The monoisotopic (exact) mass is 405 g/mol. The molecule has 0 unspecified atom stereocenters. The normalized spacial score (nSPS) is 11.0. The molecule has 3 aromatic rings. The first-order valence-electron chi connectivity index (χ1n) is 10.0. The van der Waals surface area contributed by atoms with Crippen LogP contribution in [0.1, 0.15) is 56.2 Å². The van der Waals surface area contributed by atoms with Crippen LogP contribution in [0.4, 0.5) is 5.69 Å². The lowest BCUT2D eigenvalue weighted by molar-refractivity contribution is -0.136. The molecule has 0 aliphatic heterocycles. The highest BCUT2D eigenvalue weighted by molar-refractivity contribution is 6.39. The summed E-state index contributed by atoms with van der Waals surface area (Å²) < 4.78 is 1.62. The van der Waals surface area contributed by atoms with E-state index in [-0.39, 0.29) is 12.5 Å². The number of benzene rings is 1. The second kappa shape index (κ2) is 9.35. The molecular weight excluding hydrogens is 378 g/mol. The smallest absolute Gasteiger partial charge is 0.313 e. The summed E-state index contributed by atoms with van der Waals surface area (Å²) in [6.45, 7) is 8.55. The topological polar surface area (TPSA) is 88.9 Å². The Morgan fingerprint density at radius 3 is 2.47 bits per heavy atom. The number of nitrogens with zero attached hydrogens (tertiary/aromatic N) is 3. The van der Waals surface area contributed by atoms with Crippen LogP contribution in [0.3, 0.4) is 0 Å². The van der Waals surface area contributed by atoms with Crippen molar-refractivity contribution in [1.29, 1.82) is 0 Å². The van der Waals surface area contributed by atoms with Crippen molar-refractivity contribution >= 4 is 17.5 Å². The van der Waals surface area contributed by atoms with Crippen molar-refractivity contribution in [3.05, 3.63) is 71.7 Å². The molecule has 7 heteroatoms. The van der Waals surface area contributed by atoms with Gasteiger partial charge in [0, 0.05) is 36.4 Å². The van der Waals surface area contributed by atoms with Crippen LogP contribution in [-0.4, -0.2) is 26.6 Å². The Labute approximate surface area is 176 Å². The molecular formula is C23H27N5O2. The highest BCUT2D eigenvalue weighted by Gasteiger charge is 2.18. The molecule has 0 bridgehead atoms. The molecule has 7 nitrogen and oxygen atoms in total. The zero-order valence-corrected chi connectivity index (χ0v) is 17.7. The van der Waals surface area contributed by atoms with Gasteiger partial charge in [0.15, 0.2) is 5.82 Å². The van der Waals surface area contributed by atoms with E-state index in [1.807, 2.05) is 18.2 Å². The molecule has 0 radical (unpaired) electrons. The number of amides is 2. The highest BCUT2D eigenvalue weighted by atomic mass is 16.2. The molecule has 0 atom stereocenters. The first-order chi connectivity index (χ1) is 14.4. The first-order valence-corrected chi connectivity index (χ1v) is 10.0. The van der Waals surface area contributed by atoms with Gasteiger partial charge in [0.05, 0.1) is 0 Å². The molecule has 0 aliphatic rings. The van der Waals surface area contributed by atoms with Crippen molar-refractivity contribution in [1.82, 2.24) is 20.1 Å². The molecule has 1 aromatic carbocycles. The predicted octanol–water partition coefficient (Wildman–Crippen LogP) is 3.77. The Bertz CT molecular complexity index is 1030. The summed E-state index contributed by atoms with van der Waals surface area (Å²) in [7, 11) is 0. The Kier molecular flexibility index (Phi) is 6.61. The van der Waals surface area contributed by atoms with E-state index in [9.17, 15) is 9.59 Å². The van der Waals surface area contributed by atoms with Crippen LogP contribution in [0.15, 0.2) is 55.0 Å². The minimum atomic E-state index is -0.701. The fraction of sp³-hybridized carbons (Fsp3) is 0.304. The van der Waals surface area contributed by atoms with Crippen molar-refractivity contribution < 1.29 is 9.59 Å². The van der Waals surface area contributed by atoms with E-state index in [1.165, 1.54) is 5.56 Å². The number of carbonyl (C=O) groups is 2. The second-order valence-corrected chi connectivity index (χ2v) is 7.73. The summed E-state index contributed by atoms with van der Waals surface area (Å²) in [4.78, 5) is 29.2. The van der Waals surface area contributed by atoms with Gasteiger partial charge in [-0.15, -0.1) is 0 Å². The van der Waals surface area contributed by atoms with E-state index in [0.29, 0.717) is 17.4 Å². The third kappa shape index (κ3) is 4.92. The van der Waals surface area contributed by atoms with E-state index in [4.69, 9.17) is 0 Å². The molecule has 30 heavy (non-hydrogen) atoms. The molecule has 0 saturated carbocycles. The molecule has 0 spiro atoms. The summed E-state index contributed by atoms with van der Waals surface area (Å²) in [5.74, 6) is -0.186. The number of aromatic nitrogens is 3. The van der Waals surface area contributed by atoms with Gasteiger partial charge in [-0.3, -0.25) is 9.59 Å². The number of carbonyl (C=O) groups excluding carboxylic acids is 2. The number of pyridine rings is 1. The maximum absolute atomic E-state index is 12.5. The fourth-order valence-corrected chi connectivity index (χ4v) is 3.14. The lowest BCUT2D eigenvalue weighted by Crippen LogP contribution is -2.35. The maximum atomic E-state index is 12.5. The lowest BCUT2D eigenvalue weighted by Gasteiger charge is -2.17. The Morgan fingerprint density at radius 1 is 1.00 bits per heavy atom. The number of rotatable bonds is 6. The van der Waals surface area contributed by atoms with Crippen LogP contribution in [0.5, 0.6) is 0 Å². The fourth-order valence-electron chi connectivity index (χ4n) is 3.14. The van der Waals surface area contributed by atoms with Gasteiger partial charge in [0.2, 0.25) is 0 Å². The van der Waals surface area contributed by atoms with Gasteiger partial charge in [0.25, 0.3) is 0 Å². The number of hydrogen-bond donors (Lipinski definition) is 2. The average Bonchev–Trinajstić information content (AvgIpc) is 3.26. The SMILES string of the molecule is CC(C)c1ccc(NC(=O)C(=O)NCc2cccnc2-n2cccn2)c(C(C)C)c1. The largest absolute Gasteiger partial charge is 0.344 e. The summed E-state index contributed by atoms with van der Waals surface area (Å²) in [5.41, 5.74) is 3.62. The van der Waals surface area contributed by atoms with Gasteiger partial charge in [-0.2, -0.15) is 5.10 Å². The first kappa shape index (κ1) is 21.2. The standard InChI is InChI=1S/C23H27N5O2/c1-15(2)17-8-9-20(19(13-17)16(3)4)27-23(30)22(29)25-14-18-7-5-10-24-21(18)28-12-6-11-26-28/h5-13,15-16H,14H2,1-4H3,(H,25,29)(H,27,30). The lowest BCUT2D eigenvalue weighted by atomic mass is 9.94. The maximum Gasteiger partial charge on any atom is 0.313 e. The quantitative estimate of drug-likeness (QED) is 0.611. The third-order valence-electron chi connectivity index (χ3n) is 4.85. The van der Waals surface area contributed by atoms with Crippen LogP contribution < -0.4 is 10.6 Å². The molecule has 156 valence electrons. The van der Waals surface area contributed by atoms with Crippen molar-refractivity contribution in [3.63, 3.8) is 0 Å². The van der Waals surface area contributed by atoms with Crippen LogP contribution in [-0.2, 0) is 16.1 Å². The van der Waals surface area contributed by atoms with E-state index in [2.05, 4.69) is 54.5 Å². The molecule has 2 amide bonds. The Morgan fingerprint density at radius 2 is 1.80 bits per heavy atom. The van der Waals surface area contributed by atoms with Gasteiger partial charge in [0.1, 0.15) is 0 Å². The number of nitrogens with one attached hydrogen (secondary N) is 2. The van der Waals surface area contributed by atoms with Crippen LogP contribution in [0.2, 0.25) is 0 Å². The Hall–Kier alpha value is -3.48. The summed E-state index contributed by atoms with van der Waals surface area (Å²) in [5, 5.41) is 9.59. The number of anilines is 1. The predicted molar refractivity (Wildman–Crippen MR) is 116 cm³/mol. The Balaban J connectivity index is 1.69. The summed E-state index contributed by atoms with van der Waals surface area (Å²) in [6.07, 6.45) is 5.08. The van der Waals surface area contributed by atoms with Crippen LogP contribution in [0, 0.1) is 0 Å². The van der Waals surface area contributed by atoms with E-state index in [1.54, 1.807) is 35.4 Å². The van der Waals surface area contributed by atoms with E-state index >= 15 is 0 Å². The summed E-state index contributed by atoms with van der Waals surface area (Å²) in [6, 6.07) is 11.3. The third-order valence-corrected chi connectivity index (χ3v) is 4.85. The molecule has 2 heterocycles. The van der Waals surface area contributed by atoms with Crippen molar-refractivity contribution in [2.45, 2.75) is 46.1 Å². The van der Waals surface area contributed by atoms with E-state index in [0.717, 1.165) is 11.1 Å². The molecule has 2 aromatic heterocycles. The van der Waals surface area contributed by atoms with E-state index < -0.39 is 11.8 Å². The highest BCUT2D eigenvalue weighted by Crippen LogP contribution is 2.28. The van der Waals surface area contributed by atoms with Gasteiger partial charge >= 0.3 is 11.8 Å². The zero-order chi connectivity index (χ0) is 21.7. The molecule has 0 saturated heterocycles. The molecule has 0 aliphatic carbocycles. The average molecular weight is 406 g/mol. The molecule has 2 N–H and O–H groups in total. The van der Waals surface area contributed by atoms with Crippen molar-refractivity contribution in [3.8, 4) is 5.82 Å². The second-order valence-electron chi connectivity index (χ2n) is 7.73. The summed E-state index contributed by atoms with van der Waals surface area (Å²) >= 11 is 0. The van der Waals surface area contributed by atoms with Gasteiger partial charge in [-0.25, -0.2) is 9.67 Å². The van der Waals surface area contributed by atoms with Gasteiger partial charge < -0.3 is 10.6 Å². The van der Waals surface area contributed by atoms with Crippen LogP contribution >= 0.6 is 0 Å². The minimum Gasteiger partial charge on any atom is -0.344 e. The number of hydrogen-bond acceptors (Lipinski definition) is 4. The van der Waals surface area contributed by atoms with Crippen molar-refractivity contribution in [2.24, 2.45) is 0 Å².